The fraction of sp³-hybridized carbons (Fsp3) is 0.320. The second kappa shape index (κ2) is 9.19. The number of Topliss-reactive ketones (excluding diaryl/α,β-unsaturated/α-hetero) is 1. The summed E-state index contributed by atoms with van der Waals surface area (Å²) in [6, 6.07) is 17.5. The van der Waals surface area contributed by atoms with Gasteiger partial charge < -0.3 is 5.32 Å². The van der Waals surface area contributed by atoms with Gasteiger partial charge in [-0.3, -0.25) is 4.79 Å². The molecule has 170 valence electrons. The van der Waals surface area contributed by atoms with Gasteiger partial charge in [0.15, 0.2) is 5.78 Å². The molecular formula is C25H26N4O3S. The van der Waals surface area contributed by atoms with Crippen molar-refractivity contribution in [3.63, 3.8) is 0 Å². The first-order valence-corrected chi connectivity index (χ1v) is 12.0. The number of hydrogen-bond acceptors (Lipinski definition) is 6. The smallest absolute Gasteiger partial charge is 0.238 e. The summed E-state index contributed by atoms with van der Waals surface area (Å²) in [6.45, 7) is 5.91. The third-order valence-corrected chi connectivity index (χ3v) is 6.69. The van der Waals surface area contributed by atoms with Gasteiger partial charge in [-0.25, -0.2) is 13.6 Å². The van der Waals surface area contributed by atoms with Crippen LogP contribution in [0.1, 0.15) is 43.7 Å². The molecular weight excluding hydrogens is 436 g/mol. The van der Waals surface area contributed by atoms with Gasteiger partial charge in [-0.1, -0.05) is 43.7 Å². The van der Waals surface area contributed by atoms with Crippen LogP contribution in [-0.4, -0.2) is 14.2 Å². The third kappa shape index (κ3) is 5.48. The third-order valence-electron chi connectivity index (χ3n) is 5.76. The number of carbonyl (C=O) groups excluding carboxylic acids is 1. The van der Waals surface area contributed by atoms with Gasteiger partial charge in [0.25, 0.3) is 0 Å². The van der Waals surface area contributed by atoms with Crippen molar-refractivity contribution in [2.75, 3.05) is 5.32 Å². The Bertz CT molecular complexity index is 1270. The maximum atomic E-state index is 13.4. The lowest BCUT2D eigenvalue weighted by molar-refractivity contribution is -0.118. The highest BCUT2D eigenvalue weighted by atomic mass is 32.2. The number of aryl methyl sites for hydroxylation is 1. The number of carbonyl (C=O) groups is 1. The molecule has 7 nitrogen and oxygen atoms in total. The van der Waals surface area contributed by atoms with Crippen molar-refractivity contribution in [1.29, 1.82) is 10.5 Å². The van der Waals surface area contributed by atoms with Crippen LogP contribution >= 0.6 is 0 Å². The van der Waals surface area contributed by atoms with Crippen molar-refractivity contribution in [1.82, 2.24) is 0 Å². The Hall–Kier alpha value is -3.46. The molecule has 3 rings (SSSR count). The largest absolute Gasteiger partial charge is 0.359 e. The maximum Gasteiger partial charge on any atom is 0.238 e. The number of sulfonamides is 1. The highest BCUT2D eigenvalue weighted by molar-refractivity contribution is 7.89. The van der Waals surface area contributed by atoms with Crippen LogP contribution in [0.15, 0.2) is 64.7 Å². The van der Waals surface area contributed by atoms with Crippen molar-refractivity contribution in [2.45, 2.75) is 44.4 Å². The van der Waals surface area contributed by atoms with Crippen LogP contribution in [0, 0.1) is 40.9 Å². The normalized spacial score (nSPS) is 16.8. The molecule has 1 aliphatic rings. The lowest BCUT2D eigenvalue weighted by Gasteiger charge is -2.36. The van der Waals surface area contributed by atoms with Crippen LogP contribution in [0.5, 0.6) is 0 Å². The predicted molar refractivity (Wildman–Crippen MR) is 125 cm³/mol. The second-order valence-electron chi connectivity index (χ2n) is 9.15. The Morgan fingerprint density at radius 3 is 2.09 bits per heavy atom. The summed E-state index contributed by atoms with van der Waals surface area (Å²) in [5.74, 6) is -1.87. The summed E-state index contributed by atoms with van der Waals surface area (Å²) in [5.41, 5.74) is 3.05. The summed E-state index contributed by atoms with van der Waals surface area (Å²) in [6.07, 6.45) is 0.820. The number of rotatable bonds is 6. The molecule has 33 heavy (non-hydrogen) atoms. The minimum Gasteiger partial charge on any atom is -0.359 e. The zero-order valence-electron chi connectivity index (χ0n) is 18.8. The van der Waals surface area contributed by atoms with Gasteiger partial charge in [-0.05, 0) is 48.6 Å². The topological polar surface area (TPSA) is 137 Å². The second-order valence-corrected chi connectivity index (χ2v) is 10.7. The lowest BCUT2D eigenvalue weighted by Crippen LogP contribution is -2.32. The number of primary sulfonamides is 1. The SMILES string of the molecule is Cc1ccc(C(C2=C(Nc3ccc(S(N)(=O)=O)cc3)CC(C)(C)CC2=O)C(C#N)C#N)cc1. The highest BCUT2D eigenvalue weighted by Crippen LogP contribution is 2.44. The van der Waals surface area contributed by atoms with E-state index < -0.39 is 21.9 Å². The first kappa shape index (κ1) is 24.2. The maximum absolute atomic E-state index is 13.4. The van der Waals surface area contributed by atoms with E-state index in [0.717, 1.165) is 11.1 Å². The molecule has 0 bridgehead atoms. The number of nitriles is 2. The molecule has 1 atom stereocenters. The van der Waals surface area contributed by atoms with Crippen molar-refractivity contribution in [3.05, 3.63) is 70.9 Å². The molecule has 0 spiro atoms. The Labute approximate surface area is 194 Å². The van der Waals surface area contributed by atoms with E-state index in [9.17, 15) is 23.7 Å². The first-order chi connectivity index (χ1) is 15.4. The van der Waals surface area contributed by atoms with Crippen molar-refractivity contribution >= 4 is 21.5 Å². The molecule has 2 aromatic carbocycles. The quantitative estimate of drug-likeness (QED) is 0.662. The van der Waals surface area contributed by atoms with Gasteiger partial charge in [0.1, 0.15) is 5.92 Å². The molecule has 0 aromatic heterocycles. The van der Waals surface area contributed by atoms with Crippen LogP contribution in [0.3, 0.4) is 0 Å². The molecule has 0 aliphatic heterocycles. The fourth-order valence-electron chi connectivity index (χ4n) is 4.19. The zero-order valence-corrected chi connectivity index (χ0v) is 19.6. The fourth-order valence-corrected chi connectivity index (χ4v) is 4.70. The van der Waals surface area contributed by atoms with Gasteiger partial charge in [-0.2, -0.15) is 10.5 Å². The number of anilines is 1. The van der Waals surface area contributed by atoms with Crippen LogP contribution < -0.4 is 10.5 Å². The lowest BCUT2D eigenvalue weighted by atomic mass is 9.69. The molecule has 0 fully saturated rings. The predicted octanol–water partition coefficient (Wildman–Crippen LogP) is 4.14. The zero-order chi connectivity index (χ0) is 24.4. The van der Waals surface area contributed by atoms with Crippen molar-refractivity contribution in [3.8, 4) is 12.1 Å². The molecule has 0 amide bonds. The number of nitrogens with two attached hydrogens (primary N) is 1. The van der Waals surface area contributed by atoms with Crippen LogP contribution in [0.4, 0.5) is 5.69 Å². The summed E-state index contributed by atoms with van der Waals surface area (Å²) in [5, 5.41) is 27.9. The highest BCUT2D eigenvalue weighted by Gasteiger charge is 2.40. The molecule has 3 N–H and O–H groups in total. The summed E-state index contributed by atoms with van der Waals surface area (Å²) in [4.78, 5) is 13.4. The van der Waals surface area contributed by atoms with Crippen LogP contribution in [0.25, 0.3) is 0 Å². The number of hydrogen-bond donors (Lipinski definition) is 2. The summed E-state index contributed by atoms with van der Waals surface area (Å²) >= 11 is 0. The Morgan fingerprint density at radius 2 is 1.58 bits per heavy atom. The number of nitrogens with one attached hydrogen (secondary N) is 1. The molecule has 8 heteroatoms. The first-order valence-electron chi connectivity index (χ1n) is 10.5. The van der Waals surface area contributed by atoms with Crippen molar-refractivity contribution < 1.29 is 13.2 Å². The molecule has 1 unspecified atom stereocenters. The average molecular weight is 463 g/mol. The number of ketones is 1. The van der Waals surface area contributed by atoms with E-state index in [2.05, 4.69) is 17.5 Å². The van der Waals surface area contributed by atoms with E-state index in [1.807, 2.05) is 45.0 Å². The monoisotopic (exact) mass is 462 g/mol. The molecule has 0 saturated carbocycles. The number of allylic oxidation sites excluding steroid dienone is 2. The van der Waals surface area contributed by atoms with Gasteiger partial charge in [0, 0.05) is 29.3 Å². The van der Waals surface area contributed by atoms with E-state index in [-0.39, 0.29) is 16.1 Å². The van der Waals surface area contributed by atoms with E-state index in [4.69, 9.17) is 5.14 Å². The Morgan fingerprint density at radius 1 is 1.00 bits per heavy atom. The molecule has 2 aromatic rings. The molecule has 0 saturated heterocycles. The standard InChI is InChI=1S/C25H26N4O3S/c1-16-4-6-17(7-5-16)23(18(14-26)15-27)24-21(12-25(2,3)13-22(24)30)29-19-8-10-20(11-9-19)33(28,31)32/h4-11,18,23,29H,12-13H2,1-3H3,(H2,28,31,32). The van der Waals surface area contributed by atoms with Crippen LogP contribution in [0.2, 0.25) is 0 Å². The number of benzene rings is 2. The van der Waals surface area contributed by atoms with Gasteiger partial charge in [0.2, 0.25) is 10.0 Å². The van der Waals surface area contributed by atoms with E-state index >= 15 is 0 Å². The van der Waals surface area contributed by atoms with Crippen molar-refractivity contribution in [2.24, 2.45) is 16.5 Å². The van der Waals surface area contributed by atoms with E-state index in [0.29, 0.717) is 29.8 Å². The Kier molecular flexibility index (Phi) is 6.73. The summed E-state index contributed by atoms with van der Waals surface area (Å²) < 4.78 is 23.1. The van der Waals surface area contributed by atoms with E-state index in [1.54, 1.807) is 12.1 Å². The minimum atomic E-state index is -3.83. The average Bonchev–Trinajstić information content (AvgIpc) is 2.72. The van der Waals surface area contributed by atoms with Gasteiger partial charge >= 0.3 is 0 Å². The van der Waals surface area contributed by atoms with Gasteiger partial charge in [-0.15, -0.1) is 0 Å². The molecule has 0 heterocycles. The Balaban J connectivity index is 2.16. The van der Waals surface area contributed by atoms with Gasteiger partial charge in [0.05, 0.1) is 17.0 Å². The number of nitrogens with zero attached hydrogens (tertiary/aromatic N) is 2. The minimum absolute atomic E-state index is 0.0196. The summed E-state index contributed by atoms with van der Waals surface area (Å²) in [7, 11) is -3.83. The van der Waals surface area contributed by atoms with E-state index in [1.165, 1.54) is 12.1 Å². The molecule has 1 aliphatic carbocycles. The molecule has 0 radical (unpaired) electrons. The van der Waals surface area contributed by atoms with Crippen LogP contribution in [-0.2, 0) is 14.8 Å².